The number of carbonyl (C=O) groups excluding carboxylic acids is 2. The summed E-state index contributed by atoms with van der Waals surface area (Å²) in [6.07, 6.45) is 1.75. The van der Waals surface area contributed by atoms with E-state index in [-0.39, 0.29) is 11.3 Å². The monoisotopic (exact) mass is 494 g/mol. The first-order chi connectivity index (χ1) is 17.4. The van der Waals surface area contributed by atoms with Gasteiger partial charge >= 0.3 is 0 Å². The molecule has 0 bridgehead atoms. The third-order valence-corrected chi connectivity index (χ3v) is 6.34. The van der Waals surface area contributed by atoms with Crippen LogP contribution in [0.2, 0.25) is 0 Å². The number of amides is 1. The van der Waals surface area contributed by atoms with Crippen molar-refractivity contribution in [2.24, 2.45) is 0 Å². The van der Waals surface area contributed by atoms with Gasteiger partial charge in [0.15, 0.2) is 0 Å². The van der Waals surface area contributed by atoms with Crippen molar-refractivity contribution in [1.29, 1.82) is 0 Å². The summed E-state index contributed by atoms with van der Waals surface area (Å²) in [5, 5.41) is 11.3. The van der Waals surface area contributed by atoms with Crippen molar-refractivity contribution in [3.05, 3.63) is 65.2 Å². The summed E-state index contributed by atoms with van der Waals surface area (Å²) in [5.41, 5.74) is 1.28. The van der Waals surface area contributed by atoms with Crippen LogP contribution in [0.3, 0.4) is 0 Å². The number of aliphatic hydroxyl groups is 1. The Balaban J connectivity index is 2.04. The molecule has 1 N–H and O–H groups in total. The molecule has 1 fully saturated rings. The quantitative estimate of drug-likeness (QED) is 0.239. The van der Waals surface area contributed by atoms with E-state index in [2.05, 4.69) is 18.7 Å². The number of likely N-dealkylation sites (N-methyl/N-ethyl adjacent to an activating group) is 1. The number of Topliss-reactive ketones (excluding diaryl/α,β-unsaturated/α-hetero) is 1. The van der Waals surface area contributed by atoms with Gasteiger partial charge in [0, 0.05) is 18.7 Å². The van der Waals surface area contributed by atoms with E-state index in [0.29, 0.717) is 37.6 Å². The Labute approximate surface area is 214 Å². The fourth-order valence-corrected chi connectivity index (χ4v) is 4.32. The van der Waals surface area contributed by atoms with Gasteiger partial charge in [-0.15, -0.1) is 0 Å². The number of ether oxygens (including phenoxy) is 2. The lowest BCUT2D eigenvalue weighted by Crippen LogP contribution is -2.38. The van der Waals surface area contributed by atoms with E-state index in [1.54, 1.807) is 23.1 Å². The molecular formula is C29H38N2O5. The zero-order chi connectivity index (χ0) is 26.1. The van der Waals surface area contributed by atoms with Gasteiger partial charge in [0.1, 0.15) is 17.3 Å². The van der Waals surface area contributed by atoms with Gasteiger partial charge in [-0.2, -0.15) is 0 Å². The number of nitrogens with zero attached hydrogens (tertiary/aromatic N) is 2. The molecule has 1 aliphatic heterocycles. The van der Waals surface area contributed by atoms with E-state index >= 15 is 0 Å². The van der Waals surface area contributed by atoms with Crippen LogP contribution in [0, 0.1) is 0 Å². The summed E-state index contributed by atoms with van der Waals surface area (Å²) in [6.45, 7) is 12.1. The predicted octanol–water partition coefficient (Wildman–Crippen LogP) is 5.03. The smallest absolute Gasteiger partial charge is 0.295 e. The van der Waals surface area contributed by atoms with Gasteiger partial charge in [0.2, 0.25) is 0 Å². The molecule has 7 nitrogen and oxygen atoms in total. The molecule has 36 heavy (non-hydrogen) atoms. The second-order valence-electron chi connectivity index (χ2n) is 8.81. The van der Waals surface area contributed by atoms with Crippen molar-refractivity contribution in [3.8, 4) is 11.5 Å². The number of ketones is 1. The van der Waals surface area contributed by atoms with Crippen LogP contribution in [0.15, 0.2) is 54.1 Å². The highest BCUT2D eigenvalue weighted by Crippen LogP contribution is 2.40. The molecule has 0 aromatic heterocycles. The SMILES string of the molecule is CCCOc1ccc(C2C(=C(O)c3cccc(OCCC)c3)C(=O)C(=O)N2CCN(CC)CC)cc1. The van der Waals surface area contributed by atoms with Crippen LogP contribution in [0.4, 0.5) is 0 Å². The number of hydrogen-bond acceptors (Lipinski definition) is 6. The highest BCUT2D eigenvalue weighted by Gasteiger charge is 2.46. The van der Waals surface area contributed by atoms with Crippen molar-refractivity contribution in [3.63, 3.8) is 0 Å². The van der Waals surface area contributed by atoms with Crippen LogP contribution in [0.25, 0.3) is 5.76 Å². The largest absolute Gasteiger partial charge is 0.507 e. The van der Waals surface area contributed by atoms with Crippen LogP contribution >= 0.6 is 0 Å². The lowest BCUT2D eigenvalue weighted by molar-refractivity contribution is -0.140. The molecule has 1 unspecified atom stereocenters. The Morgan fingerprint density at radius 1 is 0.917 bits per heavy atom. The first-order valence-corrected chi connectivity index (χ1v) is 12.9. The van der Waals surface area contributed by atoms with Crippen molar-refractivity contribution in [1.82, 2.24) is 9.80 Å². The number of hydrogen-bond donors (Lipinski definition) is 1. The van der Waals surface area contributed by atoms with Crippen LogP contribution in [-0.4, -0.2) is 66.0 Å². The van der Waals surface area contributed by atoms with E-state index in [9.17, 15) is 14.7 Å². The third-order valence-electron chi connectivity index (χ3n) is 6.34. The van der Waals surface area contributed by atoms with E-state index in [4.69, 9.17) is 9.47 Å². The molecule has 1 heterocycles. The summed E-state index contributed by atoms with van der Waals surface area (Å²) in [5.74, 6) is -0.148. The Hall–Kier alpha value is -3.32. The molecule has 194 valence electrons. The Morgan fingerprint density at radius 3 is 2.17 bits per heavy atom. The Bertz CT molecular complexity index is 1060. The molecule has 1 amide bonds. The lowest BCUT2D eigenvalue weighted by atomic mass is 9.95. The summed E-state index contributed by atoms with van der Waals surface area (Å²) in [7, 11) is 0. The zero-order valence-corrected chi connectivity index (χ0v) is 21.8. The van der Waals surface area contributed by atoms with Crippen LogP contribution < -0.4 is 9.47 Å². The number of aliphatic hydroxyl groups excluding tert-OH is 1. The van der Waals surface area contributed by atoms with Gasteiger partial charge in [-0.25, -0.2) is 0 Å². The number of likely N-dealkylation sites (tertiary alicyclic amines) is 1. The van der Waals surface area contributed by atoms with Crippen molar-refractivity contribution in [2.75, 3.05) is 39.4 Å². The molecular weight excluding hydrogens is 456 g/mol. The van der Waals surface area contributed by atoms with E-state index < -0.39 is 17.7 Å². The van der Waals surface area contributed by atoms with Gasteiger partial charge in [0.25, 0.3) is 11.7 Å². The third kappa shape index (κ3) is 6.26. The van der Waals surface area contributed by atoms with E-state index in [0.717, 1.165) is 37.2 Å². The van der Waals surface area contributed by atoms with Gasteiger partial charge < -0.3 is 24.4 Å². The topological polar surface area (TPSA) is 79.3 Å². The van der Waals surface area contributed by atoms with Crippen LogP contribution in [0.5, 0.6) is 11.5 Å². The Morgan fingerprint density at radius 2 is 1.56 bits per heavy atom. The minimum Gasteiger partial charge on any atom is -0.507 e. The number of benzene rings is 2. The molecule has 3 rings (SSSR count). The van der Waals surface area contributed by atoms with Crippen molar-refractivity contribution in [2.45, 2.75) is 46.6 Å². The molecule has 2 aromatic rings. The van der Waals surface area contributed by atoms with Gasteiger partial charge in [0.05, 0.1) is 24.8 Å². The predicted molar refractivity (Wildman–Crippen MR) is 141 cm³/mol. The molecule has 2 aromatic carbocycles. The zero-order valence-electron chi connectivity index (χ0n) is 21.8. The molecule has 0 radical (unpaired) electrons. The second-order valence-corrected chi connectivity index (χ2v) is 8.81. The highest BCUT2D eigenvalue weighted by atomic mass is 16.5. The average molecular weight is 495 g/mol. The number of carbonyl (C=O) groups is 2. The Kier molecular flexibility index (Phi) is 9.94. The van der Waals surface area contributed by atoms with Gasteiger partial charge in [-0.3, -0.25) is 9.59 Å². The molecule has 1 atom stereocenters. The summed E-state index contributed by atoms with van der Waals surface area (Å²) in [4.78, 5) is 30.3. The fraction of sp³-hybridized carbons (Fsp3) is 0.448. The maximum atomic E-state index is 13.3. The normalized spacial score (nSPS) is 17.1. The van der Waals surface area contributed by atoms with Crippen LogP contribution in [0.1, 0.15) is 57.7 Å². The standard InChI is InChI=1S/C29H38N2O5/c1-5-18-35-23-14-12-21(13-15-23)26-25(27(32)22-10-9-11-24(20-22)36-19-6-2)28(33)29(34)31(26)17-16-30(7-3)8-4/h9-15,20,26,32H,5-8,16-19H2,1-4H3. The summed E-state index contributed by atoms with van der Waals surface area (Å²) >= 11 is 0. The van der Waals surface area contributed by atoms with Crippen molar-refractivity contribution < 1.29 is 24.2 Å². The second kappa shape index (κ2) is 13.1. The number of rotatable bonds is 13. The molecule has 7 heteroatoms. The molecule has 0 spiro atoms. The molecule has 0 aliphatic carbocycles. The molecule has 1 aliphatic rings. The first-order valence-electron chi connectivity index (χ1n) is 12.9. The summed E-state index contributed by atoms with van der Waals surface area (Å²) < 4.78 is 11.4. The minimum absolute atomic E-state index is 0.0921. The van der Waals surface area contributed by atoms with Gasteiger partial charge in [-0.1, -0.05) is 52.0 Å². The van der Waals surface area contributed by atoms with Crippen molar-refractivity contribution >= 4 is 17.4 Å². The molecule has 0 saturated carbocycles. The van der Waals surface area contributed by atoms with Gasteiger partial charge in [-0.05, 0) is 55.8 Å². The van der Waals surface area contributed by atoms with Crippen LogP contribution in [-0.2, 0) is 9.59 Å². The van der Waals surface area contributed by atoms with E-state index in [1.165, 1.54) is 0 Å². The van der Waals surface area contributed by atoms with E-state index in [1.807, 2.05) is 44.2 Å². The average Bonchev–Trinajstić information content (AvgIpc) is 3.16. The maximum absolute atomic E-state index is 13.3. The first kappa shape index (κ1) is 27.3. The maximum Gasteiger partial charge on any atom is 0.295 e. The molecule has 1 saturated heterocycles. The minimum atomic E-state index is -0.694. The fourth-order valence-electron chi connectivity index (χ4n) is 4.32. The lowest BCUT2D eigenvalue weighted by Gasteiger charge is -2.28. The highest BCUT2D eigenvalue weighted by molar-refractivity contribution is 6.46. The summed E-state index contributed by atoms with van der Waals surface area (Å²) in [6, 6.07) is 13.7.